The molecule has 1 aromatic rings. The van der Waals surface area contributed by atoms with Gasteiger partial charge in [0.15, 0.2) is 0 Å². The molecule has 5 nitrogen and oxygen atoms in total. The molecule has 0 radical (unpaired) electrons. The van der Waals surface area contributed by atoms with Gasteiger partial charge in [-0.1, -0.05) is 27.7 Å². The molecule has 2 N–H and O–H groups in total. The zero-order valence-corrected chi connectivity index (χ0v) is 14.2. The number of hydrogen-bond donors (Lipinski definition) is 1. The highest BCUT2D eigenvalue weighted by Gasteiger charge is 2.21. The van der Waals surface area contributed by atoms with E-state index in [2.05, 4.69) is 20.8 Å². The third kappa shape index (κ3) is 5.93. The molecule has 1 rings (SSSR count). The molecule has 0 aliphatic carbocycles. The fourth-order valence-corrected chi connectivity index (χ4v) is 2.91. The van der Waals surface area contributed by atoms with Gasteiger partial charge in [-0.25, -0.2) is 13.6 Å². The smallest absolute Gasteiger partial charge is 0.209 e. The van der Waals surface area contributed by atoms with Crippen LogP contribution < -0.4 is 14.6 Å². The first-order chi connectivity index (χ1) is 9.53. The lowest BCUT2D eigenvalue weighted by Crippen LogP contribution is -2.25. The topological polar surface area (TPSA) is 78.6 Å². The van der Waals surface area contributed by atoms with E-state index in [9.17, 15) is 8.42 Å². The van der Waals surface area contributed by atoms with Crippen LogP contribution in [0.5, 0.6) is 11.5 Å². The summed E-state index contributed by atoms with van der Waals surface area (Å²) in [5, 5.41) is 5.04. The van der Waals surface area contributed by atoms with E-state index in [1.54, 1.807) is 14.0 Å². The Morgan fingerprint density at radius 1 is 1.29 bits per heavy atom. The number of sulfonamides is 1. The summed E-state index contributed by atoms with van der Waals surface area (Å²) in [7, 11) is -1.86. The summed E-state index contributed by atoms with van der Waals surface area (Å²) in [6.07, 6.45) is 0. The number of methoxy groups -OCH3 is 1. The summed E-state index contributed by atoms with van der Waals surface area (Å²) in [6, 6.07) is 5.62. The number of nitrogens with two attached hydrogens (primary N) is 1. The fraction of sp³-hybridized carbons (Fsp3) is 0.600. The van der Waals surface area contributed by atoms with Crippen molar-refractivity contribution >= 4 is 10.0 Å². The molecule has 0 saturated heterocycles. The molecule has 0 spiro atoms. The predicted octanol–water partition coefficient (Wildman–Crippen LogP) is 2.30. The Bertz CT molecular complexity index is 576. The average Bonchev–Trinajstić information content (AvgIpc) is 2.33. The standard InChI is InChI=1S/C15H25NO4S/c1-11(10-21(16,17)18)9-20-14-7-6-12(19-5)8-13(14)15(2,3)4/h6-8,11H,9-10H2,1-5H3,(H2,16,17,18). The number of ether oxygens (including phenoxy) is 2. The van der Waals surface area contributed by atoms with Crippen LogP contribution in [0.15, 0.2) is 18.2 Å². The first-order valence-electron chi connectivity index (χ1n) is 6.84. The Balaban J connectivity index is 2.88. The van der Waals surface area contributed by atoms with Crippen LogP contribution in [0.1, 0.15) is 33.3 Å². The maximum Gasteiger partial charge on any atom is 0.209 e. The number of hydrogen-bond acceptors (Lipinski definition) is 4. The van der Waals surface area contributed by atoms with E-state index >= 15 is 0 Å². The molecule has 6 heteroatoms. The molecular weight excluding hydrogens is 290 g/mol. The van der Waals surface area contributed by atoms with E-state index < -0.39 is 10.0 Å². The summed E-state index contributed by atoms with van der Waals surface area (Å²) >= 11 is 0. The summed E-state index contributed by atoms with van der Waals surface area (Å²) in [6.45, 7) is 8.35. The molecule has 0 aromatic heterocycles. The zero-order chi connectivity index (χ0) is 16.3. The molecule has 0 saturated carbocycles. The Kier molecular flexibility index (Phi) is 5.64. The van der Waals surface area contributed by atoms with Crippen molar-refractivity contribution < 1.29 is 17.9 Å². The SMILES string of the molecule is COc1ccc(OCC(C)CS(N)(=O)=O)c(C(C)(C)C)c1. The van der Waals surface area contributed by atoms with Crippen molar-refractivity contribution in [2.75, 3.05) is 19.5 Å². The lowest BCUT2D eigenvalue weighted by Gasteiger charge is -2.24. The molecule has 0 aliphatic rings. The first kappa shape index (κ1) is 17.8. The minimum absolute atomic E-state index is 0.0893. The van der Waals surface area contributed by atoms with E-state index in [0.29, 0.717) is 6.61 Å². The highest BCUT2D eigenvalue weighted by molar-refractivity contribution is 7.89. The van der Waals surface area contributed by atoms with Crippen molar-refractivity contribution in [3.63, 3.8) is 0 Å². The molecule has 120 valence electrons. The zero-order valence-electron chi connectivity index (χ0n) is 13.3. The van der Waals surface area contributed by atoms with E-state index in [-0.39, 0.29) is 17.1 Å². The monoisotopic (exact) mass is 315 g/mol. The molecule has 0 amide bonds. The Morgan fingerprint density at radius 3 is 2.38 bits per heavy atom. The molecule has 21 heavy (non-hydrogen) atoms. The van der Waals surface area contributed by atoms with Crippen LogP contribution in [-0.2, 0) is 15.4 Å². The van der Waals surface area contributed by atoms with Crippen molar-refractivity contribution in [2.24, 2.45) is 11.1 Å². The van der Waals surface area contributed by atoms with Crippen molar-refractivity contribution in [3.05, 3.63) is 23.8 Å². The van der Waals surface area contributed by atoms with Gasteiger partial charge in [-0.3, -0.25) is 0 Å². The predicted molar refractivity (Wildman–Crippen MR) is 84.3 cm³/mol. The summed E-state index contributed by atoms with van der Waals surface area (Å²) in [4.78, 5) is 0. The van der Waals surface area contributed by atoms with Gasteiger partial charge >= 0.3 is 0 Å². The number of benzene rings is 1. The van der Waals surface area contributed by atoms with Crippen LogP contribution in [0.25, 0.3) is 0 Å². The Morgan fingerprint density at radius 2 is 1.90 bits per heavy atom. The second-order valence-corrected chi connectivity index (χ2v) is 8.02. The van der Waals surface area contributed by atoms with E-state index in [0.717, 1.165) is 17.1 Å². The molecular formula is C15H25NO4S. The summed E-state index contributed by atoms with van der Waals surface area (Å²) < 4.78 is 33.2. The van der Waals surface area contributed by atoms with Crippen molar-refractivity contribution in [2.45, 2.75) is 33.1 Å². The Hall–Kier alpha value is -1.27. The van der Waals surface area contributed by atoms with Crippen LogP contribution in [0.3, 0.4) is 0 Å². The number of rotatable bonds is 6. The summed E-state index contributed by atoms with van der Waals surface area (Å²) in [5.74, 6) is 1.25. The lowest BCUT2D eigenvalue weighted by molar-refractivity contribution is 0.265. The molecule has 1 unspecified atom stereocenters. The minimum Gasteiger partial charge on any atom is -0.497 e. The molecule has 0 heterocycles. The minimum atomic E-state index is -3.48. The van der Waals surface area contributed by atoms with E-state index in [4.69, 9.17) is 14.6 Å². The van der Waals surface area contributed by atoms with Gasteiger partial charge in [0.1, 0.15) is 11.5 Å². The number of primary sulfonamides is 1. The van der Waals surface area contributed by atoms with Gasteiger partial charge in [-0.15, -0.1) is 0 Å². The largest absolute Gasteiger partial charge is 0.497 e. The van der Waals surface area contributed by atoms with Crippen LogP contribution in [0.2, 0.25) is 0 Å². The van der Waals surface area contributed by atoms with Gasteiger partial charge in [-0.2, -0.15) is 0 Å². The summed E-state index contributed by atoms with van der Waals surface area (Å²) in [5.41, 5.74) is 0.914. The van der Waals surface area contributed by atoms with Gasteiger partial charge in [0.25, 0.3) is 0 Å². The van der Waals surface area contributed by atoms with Crippen LogP contribution in [-0.4, -0.2) is 27.9 Å². The van der Waals surface area contributed by atoms with Gasteiger partial charge in [0.2, 0.25) is 10.0 Å². The van der Waals surface area contributed by atoms with E-state index in [1.807, 2.05) is 18.2 Å². The highest BCUT2D eigenvalue weighted by Crippen LogP contribution is 2.34. The van der Waals surface area contributed by atoms with Crippen LogP contribution in [0.4, 0.5) is 0 Å². The molecule has 1 atom stereocenters. The van der Waals surface area contributed by atoms with Crippen molar-refractivity contribution in [1.82, 2.24) is 0 Å². The fourth-order valence-electron chi connectivity index (χ4n) is 2.02. The normalized spacial score (nSPS) is 13.8. The van der Waals surface area contributed by atoms with Gasteiger partial charge in [0.05, 0.1) is 19.5 Å². The maximum atomic E-state index is 11.1. The molecule has 0 fully saturated rings. The van der Waals surface area contributed by atoms with Crippen LogP contribution >= 0.6 is 0 Å². The van der Waals surface area contributed by atoms with E-state index in [1.165, 1.54) is 0 Å². The quantitative estimate of drug-likeness (QED) is 0.873. The second kappa shape index (κ2) is 6.66. The first-order valence-corrected chi connectivity index (χ1v) is 8.56. The highest BCUT2D eigenvalue weighted by atomic mass is 32.2. The van der Waals surface area contributed by atoms with Gasteiger partial charge < -0.3 is 9.47 Å². The average molecular weight is 315 g/mol. The Labute approximate surface area is 127 Å². The van der Waals surface area contributed by atoms with Crippen LogP contribution in [0, 0.1) is 5.92 Å². The van der Waals surface area contributed by atoms with Gasteiger partial charge in [0, 0.05) is 11.5 Å². The molecule has 1 aromatic carbocycles. The maximum absolute atomic E-state index is 11.1. The molecule has 0 aliphatic heterocycles. The van der Waals surface area contributed by atoms with Crippen molar-refractivity contribution in [3.8, 4) is 11.5 Å². The lowest BCUT2D eigenvalue weighted by atomic mass is 9.86. The molecule has 0 bridgehead atoms. The van der Waals surface area contributed by atoms with Gasteiger partial charge in [-0.05, 0) is 23.6 Å². The third-order valence-electron chi connectivity index (χ3n) is 3.03. The second-order valence-electron chi connectivity index (χ2n) is 6.36. The third-order valence-corrected chi connectivity index (χ3v) is 4.07. The van der Waals surface area contributed by atoms with Crippen molar-refractivity contribution in [1.29, 1.82) is 0 Å².